The Morgan fingerprint density at radius 1 is 1.35 bits per heavy atom. The molecule has 0 bridgehead atoms. The number of thiazole rings is 1. The highest BCUT2D eigenvalue weighted by Gasteiger charge is 2.17. The lowest BCUT2D eigenvalue weighted by molar-refractivity contribution is 0.674. The number of aryl methyl sites for hydroxylation is 5. The predicted molar refractivity (Wildman–Crippen MR) is 80.8 cm³/mol. The van der Waals surface area contributed by atoms with Crippen LogP contribution in [0.5, 0.6) is 0 Å². The minimum atomic E-state index is 0.552. The predicted octanol–water partition coefficient (Wildman–Crippen LogP) is 1.92. The maximum Gasteiger partial charge on any atom is 0.202 e. The van der Waals surface area contributed by atoms with Crippen molar-refractivity contribution in [2.45, 2.75) is 33.2 Å². The van der Waals surface area contributed by atoms with Gasteiger partial charge in [-0.3, -0.25) is 9.25 Å². The summed E-state index contributed by atoms with van der Waals surface area (Å²) in [5.74, 6) is 0.552. The van der Waals surface area contributed by atoms with Crippen LogP contribution in [0.3, 0.4) is 0 Å². The second-order valence-electron chi connectivity index (χ2n) is 4.85. The van der Waals surface area contributed by atoms with Gasteiger partial charge in [-0.1, -0.05) is 6.92 Å². The standard InChI is InChI=1S/C13H18N6S/c1-4-9-11-12(18(3)17-9)19(13(14)16-11)6-5-10-15-8(2)7-20-10/h7H,4-6H2,1-3H3,(H2,14,16). The fourth-order valence-corrected chi connectivity index (χ4v) is 3.21. The molecule has 0 radical (unpaired) electrons. The summed E-state index contributed by atoms with van der Waals surface area (Å²) < 4.78 is 3.89. The van der Waals surface area contributed by atoms with Gasteiger partial charge in [0.2, 0.25) is 5.95 Å². The number of hydrogen-bond donors (Lipinski definition) is 1. The molecule has 3 aromatic rings. The molecule has 2 N–H and O–H groups in total. The number of nitrogen functional groups attached to an aromatic ring is 1. The number of rotatable bonds is 4. The Morgan fingerprint density at radius 2 is 2.15 bits per heavy atom. The largest absolute Gasteiger partial charge is 0.369 e. The van der Waals surface area contributed by atoms with E-state index in [1.165, 1.54) is 0 Å². The first kappa shape index (κ1) is 13.1. The molecule has 0 aliphatic carbocycles. The zero-order valence-corrected chi connectivity index (χ0v) is 12.7. The number of imidazole rings is 1. The first-order chi connectivity index (χ1) is 9.60. The van der Waals surface area contributed by atoms with Gasteiger partial charge in [0.1, 0.15) is 5.52 Å². The van der Waals surface area contributed by atoms with E-state index < -0.39 is 0 Å². The molecular formula is C13H18N6S. The molecule has 106 valence electrons. The third-order valence-electron chi connectivity index (χ3n) is 3.37. The minimum Gasteiger partial charge on any atom is -0.369 e. The van der Waals surface area contributed by atoms with E-state index in [9.17, 15) is 0 Å². The van der Waals surface area contributed by atoms with Gasteiger partial charge in [0.15, 0.2) is 5.65 Å². The topological polar surface area (TPSA) is 74.6 Å². The zero-order chi connectivity index (χ0) is 14.3. The fourth-order valence-electron chi connectivity index (χ4n) is 2.44. The van der Waals surface area contributed by atoms with Crippen molar-refractivity contribution >= 4 is 28.4 Å². The van der Waals surface area contributed by atoms with Crippen molar-refractivity contribution in [1.29, 1.82) is 0 Å². The number of hydrogen-bond acceptors (Lipinski definition) is 5. The minimum absolute atomic E-state index is 0.552. The number of aromatic nitrogens is 5. The summed E-state index contributed by atoms with van der Waals surface area (Å²) in [4.78, 5) is 8.95. The van der Waals surface area contributed by atoms with Gasteiger partial charge < -0.3 is 5.73 Å². The molecule has 3 heterocycles. The Bertz CT molecular complexity index is 750. The summed E-state index contributed by atoms with van der Waals surface area (Å²) in [6, 6.07) is 0. The van der Waals surface area contributed by atoms with Crippen LogP contribution in [0, 0.1) is 6.92 Å². The lowest BCUT2D eigenvalue weighted by atomic mass is 10.3. The molecule has 0 saturated heterocycles. The van der Waals surface area contributed by atoms with Crippen molar-refractivity contribution in [1.82, 2.24) is 24.3 Å². The number of fused-ring (bicyclic) bond motifs is 1. The summed E-state index contributed by atoms with van der Waals surface area (Å²) in [6.45, 7) is 4.87. The van der Waals surface area contributed by atoms with Crippen molar-refractivity contribution < 1.29 is 0 Å². The van der Waals surface area contributed by atoms with E-state index in [2.05, 4.69) is 27.4 Å². The Labute approximate surface area is 121 Å². The van der Waals surface area contributed by atoms with Crippen molar-refractivity contribution in [3.8, 4) is 0 Å². The van der Waals surface area contributed by atoms with E-state index in [-0.39, 0.29) is 0 Å². The second-order valence-corrected chi connectivity index (χ2v) is 5.79. The van der Waals surface area contributed by atoms with E-state index in [4.69, 9.17) is 5.73 Å². The molecule has 0 atom stereocenters. The van der Waals surface area contributed by atoms with Crippen LogP contribution in [0.25, 0.3) is 11.2 Å². The smallest absolute Gasteiger partial charge is 0.202 e. The molecule has 0 fully saturated rings. The molecule has 0 unspecified atom stereocenters. The van der Waals surface area contributed by atoms with Crippen molar-refractivity contribution in [2.24, 2.45) is 7.05 Å². The molecule has 0 aliphatic heterocycles. The summed E-state index contributed by atoms with van der Waals surface area (Å²) in [5.41, 5.74) is 10.0. The van der Waals surface area contributed by atoms with Crippen LogP contribution < -0.4 is 5.73 Å². The highest BCUT2D eigenvalue weighted by atomic mass is 32.1. The first-order valence-corrected chi connectivity index (χ1v) is 7.56. The second kappa shape index (κ2) is 4.90. The van der Waals surface area contributed by atoms with Crippen molar-refractivity contribution in [3.63, 3.8) is 0 Å². The molecule has 6 nitrogen and oxygen atoms in total. The number of nitrogens with zero attached hydrogens (tertiary/aromatic N) is 5. The van der Waals surface area contributed by atoms with E-state index >= 15 is 0 Å². The number of anilines is 1. The Morgan fingerprint density at radius 3 is 2.80 bits per heavy atom. The summed E-state index contributed by atoms with van der Waals surface area (Å²) in [5, 5.41) is 7.69. The third-order valence-corrected chi connectivity index (χ3v) is 4.40. The first-order valence-electron chi connectivity index (χ1n) is 6.68. The van der Waals surface area contributed by atoms with Gasteiger partial charge in [-0.2, -0.15) is 5.10 Å². The van der Waals surface area contributed by atoms with E-state index in [0.29, 0.717) is 5.95 Å². The van der Waals surface area contributed by atoms with Crippen molar-refractivity contribution in [2.75, 3.05) is 5.73 Å². The summed E-state index contributed by atoms with van der Waals surface area (Å²) in [6.07, 6.45) is 1.72. The highest BCUT2D eigenvalue weighted by Crippen LogP contribution is 2.22. The molecule has 0 amide bonds. The molecule has 0 aliphatic rings. The molecular weight excluding hydrogens is 272 g/mol. The summed E-state index contributed by atoms with van der Waals surface area (Å²) in [7, 11) is 1.94. The average Bonchev–Trinajstić information content (AvgIpc) is 3.04. The van der Waals surface area contributed by atoms with Gasteiger partial charge in [0, 0.05) is 31.1 Å². The monoisotopic (exact) mass is 290 g/mol. The van der Waals surface area contributed by atoms with Gasteiger partial charge in [0.05, 0.1) is 10.7 Å². The lowest BCUT2D eigenvalue weighted by Crippen LogP contribution is -2.08. The van der Waals surface area contributed by atoms with E-state index in [1.807, 2.05) is 23.2 Å². The molecule has 7 heteroatoms. The normalized spacial score (nSPS) is 11.6. The van der Waals surface area contributed by atoms with Gasteiger partial charge in [-0.25, -0.2) is 9.97 Å². The maximum absolute atomic E-state index is 6.05. The van der Waals surface area contributed by atoms with Crippen LogP contribution in [-0.4, -0.2) is 24.3 Å². The van der Waals surface area contributed by atoms with Gasteiger partial charge >= 0.3 is 0 Å². The maximum atomic E-state index is 6.05. The molecule has 20 heavy (non-hydrogen) atoms. The van der Waals surface area contributed by atoms with Crippen LogP contribution in [0.15, 0.2) is 5.38 Å². The van der Waals surface area contributed by atoms with E-state index in [0.717, 1.165) is 46.9 Å². The molecule has 3 aromatic heterocycles. The zero-order valence-electron chi connectivity index (χ0n) is 11.9. The molecule has 3 rings (SSSR count). The van der Waals surface area contributed by atoms with Gasteiger partial charge in [-0.05, 0) is 13.3 Å². The number of nitrogens with two attached hydrogens (primary N) is 1. The summed E-state index contributed by atoms with van der Waals surface area (Å²) >= 11 is 1.69. The van der Waals surface area contributed by atoms with Gasteiger partial charge in [0.25, 0.3) is 0 Å². The quantitative estimate of drug-likeness (QED) is 0.796. The Hall–Kier alpha value is -1.89. The SMILES string of the molecule is CCc1nn(C)c2c1nc(N)n2CCc1nc(C)cs1. The van der Waals surface area contributed by atoms with E-state index in [1.54, 1.807) is 11.3 Å². The van der Waals surface area contributed by atoms with Crippen LogP contribution >= 0.6 is 11.3 Å². The average molecular weight is 290 g/mol. The molecule has 0 aromatic carbocycles. The van der Waals surface area contributed by atoms with Crippen molar-refractivity contribution in [3.05, 3.63) is 21.8 Å². The highest BCUT2D eigenvalue weighted by molar-refractivity contribution is 7.09. The van der Waals surface area contributed by atoms with Crippen LogP contribution in [0.2, 0.25) is 0 Å². The van der Waals surface area contributed by atoms with Crippen LogP contribution in [-0.2, 0) is 26.4 Å². The van der Waals surface area contributed by atoms with Crippen LogP contribution in [0.1, 0.15) is 23.3 Å². The third kappa shape index (κ3) is 2.07. The molecule has 0 saturated carbocycles. The Kier molecular flexibility index (Phi) is 3.21. The molecule has 0 spiro atoms. The Balaban J connectivity index is 1.94. The fraction of sp³-hybridized carbons (Fsp3) is 0.462. The van der Waals surface area contributed by atoms with Gasteiger partial charge in [-0.15, -0.1) is 11.3 Å². The lowest BCUT2D eigenvalue weighted by Gasteiger charge is -2.05. The van der Waals surface area contributed by atoms with Crippen LogP contribution in [0.4, 0.5) is 5.95 Å².